The summed E-state index contributed by atoms with van der Waals surface area (Å²) >= 11 is 0. The minimum absolute atomic E-state index is 0.0701. The van der Waals surface area contributed by atoms with Gasteiger partial charge in [-0.15, -0.1) is 0 Å². The number of ether oxygens (including phenoxy) is 6. The maximum atomic E-state index is 12.8. The molecule has 0 aromatic heterocycles. The van der Waals surface area contributed by atoms with Gasteiger partial charge in [0.05, 0.1) is 39.3 Å². The zero-order valence-electron chi connectivity index (χ0n) is 17.2. The minimum Gasteiger partial charge on any atom is -0.493 e. The molecule has 164 valence electrons. The van der Waals surface area contributed by atoms with Crippen LogP contribution in [0.4, 0.5) is 0 Å². The van der Waals surface area contributed by atoms with Crippen LogP contribution in [0.1, 0.15) is 28.7 Å². The summed E-state index contributed by atoms with van der Waals surface area (Å²) in [5.74, 6) is -0.517. The fraction of sp³-hybridized carbons (Fsp3) is 0.409. The summed E-state index contributed by atoms with van der Waals surface area (Å²) in [6, 6.07) is 6.97. The van der Waals surface area contributed by atoms with Gasteiger partial charge in [-0.1, -0.05) is 0 Å². The molecule has 0 radical (unpaired) electrons. The Bertz CT molecular complexity index is 1020. The molecule has 9 nitrogen and oxygen atoms in total. The number of carbonyl (C=O) groups excluding carboxylic acids is 1. The summed E-state index contributed by atoms with van der Waals surface area (Å²) in [6.07, 6.45) is -2.54. The average Bonchev–Trinajstić information content (AvgIpc) is 3.35. The summed E-state index contributed by atoms with van der Waals surface area (Å²) < 4.78 is 32.5. The Kier molecular flexibility index (Phi) is 4.60. The van der Waals surface area contributed by atoms with Crippen molar-refractivity contribution in [1.29, 1.82) is 0 Å². The lowest BCUT2D eigenvalue weighted by Gasteiger charge is -2.37. The highest BCUT2D eigenvalue weighted by molar-refractivity contribution is 5.79. The predicted octanol–water partition coefficient (Wildman–Crippen LogP) is 1.73. The summed E-state index contributed by atoms with van der Waals surface area (Å²) in [5.41, 5.74) is 1.91. The maximum Gasteiger partial charge on any atom is 0.312 e. The monoisotopic (exact) mass is 430 g/mol. The normalized spacial score (nSPS) is 27.9. The number of aliphatic hydroxyl groups excluding tert-OH is 2. The highest BCUT2D eigenvalue weighted by Crippen LogP contribution is 2.56. The van der Waals surface area contributed by atoms with E-state index in [4.69, 9.17) is 28.4 Å². The number of carbonyl (C=O) groups is 1. The fourth-order valence-corrected chi connectivity index (χ4v) is 4.89. The van der Waals surface area contributed by atoms with E-state index in [2.05, 4.69) is 0 Å². The van der Waals surface area contributed by atoms with E-state index < -0.39 is 36.1 Å². The molecular formula is C22H22O9. The van der Waals surface area contributed by atoms with E-state index in [1.165, 1.54) is 21.3 Å². The molecule has 2 heterocycles. The van der Waals surface area contributed by atoms with Gasteiger partial charge < -0.3 is 38.6 Å². The van der Waals surface area contributed by atoms with Crippen molar-refractivity contribution >= 4 is 5.97 Å². The number of aliphatic hydroxyl groups is 2. The third-order valence-corrected chi connectivity index (χ3v) is 6.25. The number of fused-ring (bicyclic) bond motifs is 3. The van der Waals surface area contributed by atoms with Crippen LogP contribution in [0.15, 0.2) is 24.3 Å². The summed E-state index contributed by atoms with van der Waals surface area (Å²) in [7, 11) is 4.52. The number of cyclic esters (lactones) is 1. The molecule has 5 atom stereocenters. The molecule has 5 rings (SSSR count). The number of hydrogen-bond donors (Lipinski definition) is 2. The van der Waals surface area contributed by atoms with Gasteiger partial charge in [-0.3, -0.25) is 4.79 Å². The van der Waals surface area contributed by atoms with Crippen molar-refractivity contribution in [1.82, 2.24) is 0 Å². The maximum absolute atomic E-state index is 12.8. The van der Waals surface area contributed by atoms with Crippen LogP contribution < -0.4 is 23.7 Å². The van der Waals surface area contributed by atoms with Crippen LogP contribution in [0.25, 0.3) is 0 Å². The zero-order valence-corrected chi connectivity index (χ0v) is 17.2. The van der Waals surface area contributed by atoms with Gasteiger partial charge >= 0.3 is 5.97 Å². The predicted molar refractivity (Wildman–Crippen MR) is 105 cm³/mol. The summed E-state index contributed by atoms with van der Waals surface area (Å²) in [5, 5.41) is 21.4. The Morgan fingerprint density at radius 2 is 1.52 bits per heavy atom. The summed E-state index contributed by atoms with van der Waals surface area (Å²) in [4.78, 5) is 12.8. The van der Waals surface area contributed by atoms with Crippen LogP contribution in [0, 0.1) is 11.8 Å². The molecular weight excluding hydrogens is 408 g/mol. The summed E-state index contributed by atoms with van der Waals surface area (Å²) in [6.45, 7) is 0.0701. The van der Waals surface area contributed by atoms with E-state index in [-0.39, 0.29) is 6.79 Å². The van der Waals surface area contributed by atoms with Gasteiger partial charge in [0.2, 0.25) is 18.8 Å². The molecule has 0 amide bonds. The van der Waals surface area contributed by atoms with Crippen molar-refractivity contribution in [3.05, 3.63) is 41.0 Å². The van der Waals surface area contributed by atoms with Gasteiger partial charge in [0.15, 0.2) is 23.0 Å². The van der Waals surface area contributed by atoms with Gasteiger partial charge in [-0.25, -0.2) is 0 Å². The van der Waals surface area contributed by atoms with Crippen LogP contribution in [0.5, 0.6) is 28.7 Å². The molecule has 2 aliphatic heterocycles. The molecule has 0 bridgehead atoms. The lowest BCUT2D eigenvalue weighted by molar-refractivity contribution is -0.159. The number of methoxy groups -OCH3 is 3. The van der Waals surface area contributed by atoms with Crippen LogP contribution in [0.2, 0.25) is 0 Å². The van der Waals surface area contributed by atoms with Gasteiger partial charge in [-0.05, 0) is 41.0 Å². The molecule has 2 aromatic rings. The van der Waals surface area contributed by atoms with Crippen LogP contribution in [0.3, 0.4) is 0 Å². The fourth-order valence-electron chi connectivity index (χ4n) is 4.89. The minimum atomic E-state index is -1.42. The number of rotatable bonds is 4. The molecule has 31 heavy (non-hydrogen) atoms. The molecule has 2 N–H and O–H groups in total. The Hall–Kier alpha value is -3.17. The zero-order chi connectivity index (χ0) is 21.9. The highest BCUT2D eigenvalue weighted by atomic mass is 16.7. The van der Waals surface area contributed by atoms with E-state index in [9.17, 15) is 15.0 Å². The topological polar surface area (TPSA) is 113 Å². The molecule has 1 aliphatic carbocycles. The van der Waals surface area contributed by atoms with Crippen molar-refractivity contribution in [2.75, 3.05) is 28.1 Å². The second-order valence-electron chi connectivity index (χ2n) is 7.65. The Balaban J connectivity index is 1.76. The van der Waals surface area contributed by atoms with Crippen molar-refractivity contribution in [2.45, 2.75) is 18.3 Å². The third kappa shape index (κ3) is 2.80. The van der Waals surface area contributed by atoms with Crippen LogP contribution in [-0.2, 0) is 9.53 Å². The van der Waals surface area contributed by atoms with E-state index in [1.807, 2.05) is 0 Å². The Morgan fingerprint density at radius 1 is 0.903 bits per heavy atom. The molecule has 2 aromatic carbocycles. The number of hydrogen-bond acceptors (Lipinski definition) is 9. The Morgan fingerprint density at radius 3 is 2.10 bits per heavy atom. The van der Waals surface area contributed by atoms with Gasteiger partial charge in [0, 0.05) is 5.92 Å². The molecule has 1 fully saturated rings. The molecule has 1 saturated heterocycles. The first kappa shape index (κ1) is 19.8. The smallest absolute Gasteiger partial charge is 0.312 e. The number of benzene rings is 2. The lowest BCUT2D eigenvalue weighted by Crippen LogP contribution is -2.37. The molecule has 3 aliphatic rings. The highest BCUT2D eigenvalue weighted by Gasteiger charge is 2.56. The van der Waals surface area contributed by atoms with Crippen molar-refractivity contribution < 1.29 is 43.4 Å². The first-order valence-electron chi connectivity index (χ1n) is 9.78. The molecule has 9 heteroatoms. The van der Waals surface area contributed by atoms with E-state index in [0.29, 0.717) is 45.4 Å². The van der Waals surface area contributed by atoms with Crippen LogP contribution >= 0.6 is 0 Å². The van der Waals surface area contributed by atoms with Gasteiger partial charge in [0.25, 0.3) is 0 Å². The quantitative estimate of drug-likeness (QED) is 0.700. The number of esters is 1. The van der Waals surface area contributed by atoms with Crippen molar-refractivity contribution in [3.63, 3.8) is 0 Å². The Labute approximate surface area is 178 Å². The van der Waals surface area contributed by atoms with Crippen LogP contribution in [-0.4, -0.2) is 50.6 Å². The largest absolute Gasteiger partial charge is 0.493 e. The molecule has 2 unspecified atom stereocenters. The van der Waals surface area contributed by atoms with Gasteiger partial charge in [-0.2, -0.15) is 0 Å². The second kappa shape index (κ2) is 7.21. The SMILES string of the molecule is COc1cc([C@@H]2c3cc4c(cc3C(O)[C@H]3C(O)OC(=O)[C@H]23)OCO4)cc(OC)c1OC. The molecule has 0 spiro atoms. The first-order chi connectivity index (χ1) is 15.0. The second-order valence-corrected chi connectivity index (χ2v) is 7.65. The third-order valence-electron chi connectivity index (χ3n) is 6.25. The van der Waals surface area contributed by atoms with E-state index in [1.54, 1.807) is 24.3 Å². The van der Waals surface area contributed by atoms with E-state index in [0.717, 1.165) is 0 Å². The lowest BCUT2D eigenvalue weighted by atomic mass is 9.66. The van der Waals surface area contributed by atoms with Crippen molar-refractivity contribution in [2.24, 2.45) is 11.8 Å². The first-order valence-corrected chi connectivity index (χ1v) is 9.78. The van der Waals surface area contributed by atoms with Crippen molar-refractivity contribution in [3.8, 4) is 28.7 Å². The average molecular weight is 430 g/mol. The molecule has 0 saturated carbocycles. The standard InChI is InChI=1S/C22H22O9/c1-26-14-4-9(5-15(27-2)20(14)28-3)16-10-6-12-13(30-8-29-12)7-11(10)19(23)18-17(16)21(24)31-22(18)25/h4-7,16-19,22-23,25H,8H2,1-3H3/t16-,17-,18+,19?,22?/m1/s1. The van der Waals surface area contributed by atoms with Gasteiger partial charge in [0.1, 0.15) is 0 Å². The van der Waals surface area contributed by atoms with E-state index >= 15 is 0 Å².